The van der Waals surface area contributed by atoms with Crippen molar-refractivity contribution in [3.8, 4) is 5.75 Å². The molecule has 0 saturated heterocycles. The number of aryl methyl sites for hydroxylation is 1. The van der Waals surface area contributed by atoms with Crippen LogP contribution >= 0.6 is 11.8 Å². The van der Waals surface area contributed by atoms with Crippen LogP contribution in [0, 0.1) is 6.92 Å². The Bertz CT molecular complexity index is 855. The maximum atomic E-state index is 12.2. The van der Waals surface area contributed by atoms with Gasteiger partial charge in [-0.15, -0.1) is 11.8 Å². The number of rotatable bonds is 11. The van der Waals surface area contributed by atoms with Gasteiger partial charge in [0.15, 0.2) is 6.61 Å². The topological polar surface area (TPSA) is 93.7 Å². The highest BCUT2D eigenvalue weighted by atomic mass is 32.2. The van der Waals surface area contributed by atoms with Crippen molar-refractivity contribution in [1.82, 2.24) is 10.6 Å². The van der Waals surface area contributed by atoms with Crippen molar-refractivity contribution in [1.29, 1.82) is 0 Å². The fourth-order valence-electron chi connectivity index (χ4n) is 2.43. The van der Waals surface area contributed by atoms with Crippen LogP contribution in [0.15, 0.2) is 53.4 Å². The average Bonchev–Trinajstić information content (AvgIpc) is 2.75. The van der Waals surface area contributed by atoms with E-state index in [1.165, 1.54) is 5.56 Å². The van der Waals surface area contributed by atoms with Gasteiger partial charge in [0.05, 0.1) is 12.2 Å². The molecule has 2 aromatic rings. The molecule has 0 aliphatic heterocycles. The first-order valence-corrected chi connectivity index (χ1v) is 10.6. The van der Waals surface area contributed by atoms with E-state index in [-0.39, 0.29) is 19.1 Å². The number of benzene rings is 2. The second-order valence-electron chi connectivity index (χ2n) is 6.28. The van der Waals surface area contributed by atoms with Crippen LogP contribution in [-0.2, 0) is 14.3 Å². The van der Waals surface area contributed by atoms with E-state index in [4.69, 9.17) is 9.47 Å². The molecule has 0 saturated carbocycles. The van der Waals surface area contributed by atoms with E-state index in [0.717, 1.165) is 4.90 Å². The van der Waals surface area contributed by atoms with Crippen molar-refractivity contribution in [3.05, 3.63) is 59.7 Å². The molecule has 0 aliphatic carbocycles. The Labute approximate surface area is 180 Å². The quantitative estimate of drug-likeness (QED) is 0.323. The Balaban J connectivity index is 1.62. The summed E-state index contributed by atoms with van der Waals surface area (Å²) in [5, 5.41) is 5.16. The fourth-order valence-corrected chi connectivity index (χ4v) is 3.19. The van der Waals surface area contributed by atoms with Crippen molar-refractivity contribution in [2.75, 3.05) is 32.1 Å². The minimum Gasteiger partial charge on any atom is -0.493 e. The summed E-state index contributed by atoms with van der Waals surface area (Å²) in [5.41, 5.74) is 1.53. The predicted molar refractivity (Wildman–Crippen MR) is 116 cm³/mol. The van der Waals surface area contributed by atoms with Gasteiger partial charge in [-0.05, 0) is 38.1 Å². The second kappa shape index (κ2) is 12.5. The summed E-state index contributed by atoms with van der Waals surface area (Å²) in [6.07, 6.45) is 0. The van der Waals surface area contributed by atoms with Gasteiger partial charge in [0.25, 0.3) is 11.8 Å². The lowest BCUT2D eigenvalue weighted by atomic mass is 10.2. The number of carbonyl (C=O) groups is 3. The molecule has 0 unspecified atom stereocenters. The minimum atomic E-state index is -0.693. The third-order valence-corrected chi connectivity index (χ3v) is 4.92. The van der Waals surface area contributed by atoms with Gasteiger partial charge in [-0.1, -0.05) is 29.8 Å². The summed E-state index contributed by atoms with van der Waals surface area (Å²) < 4.78 is 10.3. The fraction of sp³-hybridized carbons (Fsp3) is 0.318. The number of para-hydroxylation sites is 1. The van der Waals surface area contributed by atoms with E-state index in [9.17, 15) is 14.4 Å². The molecule has 2 N–H and O–H groups in total. The molecule has 0 atom stereocenters. The van der Waals surface area contributed by atoms with Gasteiger partial charge in [0, 0.05) is 17.2 Å². The Hall–Kier alpha value is -3.00. The number of esters is 1. The van der Waals surface area contributed by atoms with Crippen LogP contribution in [0.25, 0.3) is 0 Å². The molecular formula is C22H26N2O5S. The number of hydrogen-bond donors (Lipinski definition) is 2. The third-order valence-electron chi connectivity index (χ3n) is 3.90. The molecule has 2 amide bonds. The first-order valence-electron chi connectivity index (χ1n) is 9.61. The van der Waals surface area contributed by atoms with Crippen molar-refractivity contribution >= 4 is 29.5 Å². The minimum absolute atomic E-state index is 0.330. The molecule has 2 rings (SSSR count). The van der Waals surface area contributed by atoms with Gasteiger partial charge in [-0.3, -0.25) is 14.4 Å². The maximum absolute atomic E-state index is 12.2. The highest BCUT2D eigenvalue weighted by Gasteiger charge is 2.14. The van der Waals surface area contributed by atoms with Gasteiger partial charge < -0.3 is 20.1 Å². The smallest absolute Gasteiger partial charge is 0.325 e. The van der Waals surface area contributed by atoms with E-state index in [2.05, 4.69) is 10.6 Å². The largest absolute Gasteiger partial charge is 0.493 e. The van der Waals surface area contributed by atoms with E-state index in [0.29, 0.717) is 30.2 Å². The normalized spacial score (nSPS) is 10.2. The molecular weight excluding hydrogens is 404 g/mol. The SMILES string of the molecule is CCOc1ccccc1C(=O)NCC(=O)OCC(=O)NCCSc1ccc(C)cc1. The molecule has 7 nitrogen and oxygen atoms in total. The number of amides is 2. The predicted octanol–water partition coefficient (Wildman–Crippen LogP) is 2.58. The molecule has 160 valence electrons. The number of hydrogen-bond acceptors (Lipinski definition) is 6. The summed E-state index contributed by atoms with van der Waals surface area (Å²) in [6.45, 7) is 4.00. The molecule has 0 radical (unpaired) electrons. The molecule has 0 spiro atoms. The van der Waals surface area contributed by atoms with E-state index >= 15 is 0 Å². The average molecular weight is 431 g/mol. The molecule has 30 heavy (non-hydrogen) atoms. The molecule has 2 aromatic carbocycles. The lowest BCUT2D eigenvalue weighted by Gasteiger charge is -2.10. The summed E-state index contributed by atoms with van der Waals surface area (Å²) in [7, 11) is 0. The molecule has 0 bridgehead atoms. The molecule has 0 heterocycles. The number of carbonyl (C=O) groups excluding carboxylic acids is 3. The molecule has 0 fully saturated rings. The molecule has 0 aliphatic rings. The Morgan fingerprint density at radius 1 is 1.00 bits per heavy atom. The maximum Gasteiger partial charge on any atom is 0.325 e. The number of thioether (sulfide) groups is 1. The monoisotopic (exact) mass is 430 g/mol. The van der Waals surface area contributed by atoms with Crippen molar-refractivity contribution in [2.24, 2.45) is 0 Å². The van der Waals surface area contributed by atoms with Gasteiger partial charge in [-0.25, -0.2) is 0 Å². The summed E-state index contributed by atoms with van der Waals surface area (Å²) in [5.74, 6) is -0.387. The molecule has 8 heteroatoms. The van der Waals surface area contributed by atoms with Crippen LogP contribution in [0.4, 0.5) is 0 Å². The number of nitrogens with one attached hydrogen (secondary N) is 2. The van der Waals surface area contributed by atoms with Gasteiger partial charge in [0.2, 0.25) is 0 Å². The lowest BCUT2D eigenvalue weighted by Crippen LogP contribution is -2.34. The van der Waals surface area contributed by atoms with Gasteiger partial charge in [-0.2, -0.15) is 0 Å². The first kappa shape index (κ1) is 23.3. The van der Waals surface area contributed by atoms with Crippen LogP contribution in [0.1, 0.15) is 22.8 Å². The van der Waals surface area contributed by atoms with Crippen LogP contribution < -0.4 is 15.4 Å². The van der Waals surface area contributed by atoms with E-state index in [1.54, 1.807) is 36.0 Å². The second-order valence-corrected chi connectivity index (χ2v) is 7.45. The summed E-state index contributed by atoms with van der Waals surface area (Å²) in [6, 6.07) is 14.9. The van der Waals surface area contributed by atoms with Crippen molar-refractivity contribution < 1.29 is 23.9 Å². The Kier molecular flexibility index (Phi) is 9.73. The Morgan fingerprint density at radius 2 is 1.73 bits per heavy atom. The summed E-state index contributed by atoms with van der Waals surface area (Å²) in [4.78, 5) is 36.9. The van der Waals surface area contributed by atoms with Gasteiger partial charge >= 0.3 is 5.97 Å². The number of ether oxygens (including phenoxy) is 2. The van der Waals surface area contributed by atoms with Gasteiger partial charge in [0.1, 0.15) is 12.3 Å². The van der Waals surface area contributed by atoms with E-state index in [1.807, 2.05) is 38.1 Å². The zero-order chi connectivity index (χ0) is 21.8. The highest BCUT2D eigenvalue weighted by molar-refractivity contribution is 7.99. The van der Waals surface area contributed by atoms with Crippen LogP contribution in [0.5, 0.6) is 5.75 Å². The third kappa shape index (κ3) is 8.16. The first-order chi connectivity index (χ1) is 14.5. The Morgan fingerprint density at radius 3 is 2.47 bits per heavy atom. The molecule has 0 aromatic heterocycles. The zero-order valence-corrected chi connectivity index (χ0v) is 17.9. The van der Waals surface area contributed by atoms with Crippen molar-refractivity contribution in [3.63, 3.8) is 0 Å². The highest BCUT2D eigenvalue weighted by Crippen LogP contribution is 2.18. The van der Waals surface area contributed by atoms with Crippen LogP contribution in [0.3, 0.4) is 0 Å². The van der Waals surface area contributed by atoms with Crippen molar-refractivity contribution in [2.45, 2.75) is 18.7 Å². The summed E-state index contributed by atoms with van der Waals surface area (Å²) >= 11 is 1.63. The van der Waals surface area contributed by atoms with Crippen LogP contribution in [-0.4, -0.2) is 49.8 Å². The zero-order valence-electron chi connectivity index (χ0n) is 17.1. The standard InChI is InChI=1S/C22H26N2O5S/c1-3-28-19-7-5-4-6-18(19)22(27)24-14-21(26)29-15-20(25)23-12-13-30-17-10-8-16(2)9-11-17/h4-11H,3,12-15H2,1-2H3,(H,23,25)(H,24,27). The lowest BCUT2D eigenvalue weighted by molar-refractivity contribution is -0.147. The van der Waals surface area contributed by atoms with E-state index < -0.39 is 11.9 Å². The van der Waals surface area contributed by atoms with Crippen LogP contribution in [0.2, 0.25) is 0 Å².